The second-order valence-electron chi connectivity index (χ2n) is 5.17. The fraction of sp³-hybridized carbons (Fsp3) is 0.600. The third-order valence-corrected chi connectivity index (χ3v) is 5.27. The van der Waals surface area contributed by atoms with Crippen LogP contribution in [0.4, 0.5) is 4.39 Å². The zero-order chi connectivity index (χ0) is 13.0. The number of nitrogens with one attached hydrogen (secondary N) is 1. The van der Waals surface area contributed by atoms with Crippen molar-refractivity contribution >= 4 is 11.8 Å². The van der Waals surface area contributed by atoms with Crippen molar-refractivity contribution in [3.63, 3.8) is 0 Å². The number of hydrogen-bond acceptors (Lipinski definition) is 2. The minimum Gasteiger partial charge on any atom is -0.309 e. The molecule has 0 saturated carbocycles. The van der Waals surface area contributed by atoms with Gasteiger partial charge >= 0.3 is 0 Å². The summed E-state index contributed by atoms with van der Waals surface area (Å²) < 4.78 is 14.2. The summed E-state index contributed by atoms with van der Waals surface area (Å²) in [5.74, 6) is 1.11. The maximum absolute atomic E-state index is 14.0. The Kier molecular flexibility index (Phi) is 4.68. The van der Waals surface area contributed by atoms with E-state index in [0.717, 1.165) is 24.9 Å². The fourth-order valence-electron chi connectivity index (χ4n) is 2.68. The molecule has 18 heavy (non-hydrogen) atoms. The van der Waals surface area contributed by atoms with Crippen molar-refractivity contribution < 1.29 is 4.39 Å². The molecular weight excluding hydrogens is 245 g/mol. The van der Waals surface area contributed by atoms with Crippen LogP contribution >= 0.6 is 11.8 Å². The van der Waals surface area contributed by atoms with E-state index in [1.165, 1.54) is 12.2 Å². The average Bonchev–Trinajstić information content (AvgIpc) is 2.80. The number of halogens is 1. The molecule has 1 N–H and O–H groups in total. The SMILES string of the molecule is CCCNC(c1ccccc1F)C1(C)CCCS1. The molecule has 1 aromatic rings. The molecule has 0 amide bonds. The van der Waals surface area contributed by atoms with Crippen molar-refractivity contribution in [3.8, 4) is 0 Å². The molecular formula is C15H22FNS. The van der Waals surface area contributed by atoms with Gasteiger partial charge in [-0.15, -0.1) is 0 Å². The van der Waals surface area contributed by atoms with Crippen molar-refractivity contribution in [2.75, 3.05) is 12.3 Å². The predicted octanol–water partition coefficient (Wildman–Crippen LogP) is 4.15. The molecule has 1 aliphatic rings. The lowest BCUT2D eigenvalue weighted by Gasteiger charge is -2.34. The third kappa shape index (κ3) is 2.89. The van der Waals surface area contributed by atoms with E-state index in [1.54, 1.807) is 12.1 Å². The molecule has 1 aromatic carbocycles. The van der Waals surface area contributed by atoms with Crippen LogP contribution in [0, 0.1) is 5.82 Å². The molecule has 2 unspecified atom stereocenters. The molecule has 0 aromatic heterocycles. The summed E-state index contributed by atoms with van der Waals surface area (Å²) in [5.41, 5.74) is 0.822. The largest absolute Gasteiger partial charge is 0.309 e. The Morgan fingerprint density at radius 3 is 2.83 bits per heavy atom. The van der Waals surface area contributed by atoms with Crippen molar-refractivity contribution in [1.29, 1.82) is 0 Å². The standard InChI is InChI=1S/C15H22FNS/c1-3-10-17-14(15(2)9-6-11-18-15)12-7-4-5-8-13(12)16/h4-5,7-8,14,17H,3,6,9-11H2,1-2H3. The fourth-order valence-corrected chi connectivity index (χ4v) is 4.10. The highest BCUT2D eigenvalue weighted by molar-refractivity contribution is 8.00. The maximum atomic E-state index is 14.0. The molecule has 1 saturated heterocycles. The van der Waals surface area contributed by atoms with Crippen LogP contribution in [-0.4, -0.2) is 17.0 Å². The summed E-state index contributed by atoms with van der Waals surface area (Å²) in [5, 5.41) is 3.55. The van der Waals surface area contributed by atoms with Crippen LogP contribution in [0.1, 0.15) is 44.7 Å². The lowest BCUT2D eigenvalue weighted by atomic mass is 9.90. The first-order valence-corrected chi connectivity index (χ1v) is 7.77. The predicted molar refractivity (Wildman–Crippen MR) is 77.5 cm³/mol. The molecule has 0 spiro atoms. The van der Waals surface area contributed by atoms with Crippen LogP contribution in [0.25, 0.3) is 0 Å². The topological polar surface area (TPSA) is 12.0 Å². The summed E-state index contributed by atoms with van der Waals surface area (Å²) in [6, 6.07) is 7.30. The minimum atomic E-state index is -0.0835. The van der Waals surface area contributed by atoms with Crippen LogP contribution in [0.15, 0.2) is 24.3 Å². The summed E-state index contributed by atoms with van der Waals surface area (Å²) >= 11 is 1.98. The Morgan fingerprint density at radius 1 is 1.44 bits per heavy atom. The lowest BCUT2D eigenvalue weighted by Crippen LogP contribution is -2.38. The van der Waals surface area contributed by atoms with Gasteiger partial charge in [0.25, 0.3) is 0 Å². The maximum Gasteiger partial charge on any atom is 0.128 e. The van der Waals surface area contributed by atoms with Gasteiger partial charge in [-0.3, -0.25) is 0 Å². The van der Waals surface area contributed by atoms with Gasteiger partial charge in [0.1, 0.15) is 5.82 Å². The van der Waals surface area contributed by atoms with E-state index in [1.807, 2.05) is 23.9 Å². The molecule has 0 bridgehead atoms. The highest BCUT2D eigenvalue weighted by atomic mass is 32.2. The highest BCUT2D eigenvalue weighted by Gasteiger charge is 2.39. The number of rotatable bonds is 5. The van der Waals surface area contributed by atoms with Gasteiger partial charge in [0, 0.05) is 16.4 Å². The van der Waals surface area contributed by atoms with E-state index in [4.69, 9.17) is 0 Å². The van der Waals surface area contributed by atoms with E-state index in [0.29, 0.717) is 0 Å². The van der Waals surface area contributed by atoms with E-state index in [-0.39, 0.29) is 16.6 Å². The second-order valence-corrected chi connectivity index (χ2v) is 6.80. The van der Waals surface area contributed by atoms with Gasteiger partial charge in [0.05, 0.1) is 0 Å². The van der Waals surface area contributed by atoms with Gasteiger partial charge in [-0.1, -0.05) is 25.1 Å². The molecule has 2 rings (SSSR count). The van der Waals surface area contributed by atoms with E-state index in [2.05, 4.69) is 19.2 Å². The molecule has 100 valence electrons. The number of benzene rings is 1. The molecule has 0 radical (unpaired) electrons. The Bertz CT molecular complexity index is 388. The van der Waals surface area contributed by atoms with Gasteiger partial charge < -0.3 is 5.32 Å². The van der Waals surface area contributed by atoms with Crippen LogP contribution in [0.3, 0.4) is 0 Å². The van der Waals surface area contributed by atoms with Crippen molar-refractivity contribution in [2.45, 2.75) is 43.9 Å². The van der Waals surface area contributed by atoms with Gasteiger partial charge in [-0.2, -0.15) is 11.8 Å². The van der Waals surface area contributed by atoms with Crippen molar-refractivity contribution in [1.82, 2.24) is 5.32 Å². The molecule has 1 heterocycles. The Labute approximate surface area is 114 Å². The van der Waals surface area contributed by atoms with E-state index < -0.39 is 0 Å². The second kappa shape index (κ2) is 6.07. The summed E-state index contributed by atoms with van der Waals surface area (Å²) in [6.45, 7) is 5.36. The quantitative estimate of drug-likeness (QED) is 0.860. The first kappa shape index (κ1) is 13.9. The van der Waals surface area contributed by atoms with Crippen LogP contribution < -0.4 is 5.32 Å². The van der Waals surface area contributed by atoms with Crippen LogP contribution in [0.5, 0.6) is 0 Å². The van der Waals surface area contributed by atoms with Gasteiger partial charge in [-0.25, -0.2) is 4.39 Å². The normalized spacial score (nSPS) is 25.3. The Balaban J connectivity index is 2.27. The third-order valence-electron chi connectivity index (χ3n) is 3.67. The smallest absolute Gasteiger partial charge is 0.128 e. The minimum absolute atomic E-state index is 0.0835. The zero-order valence-corrected chi connectivity index (χ0v) is 12.0. The van der Waals surface area contributed by atoms with E-state index in [9.17, 15) is 4.39 Å². The van der Waals surface area contributed by atoms with E-state index >= 15 is 0 Å². The summed E-state index contributed by atoms with van der Waals surface area (Å²) in [4.78, 5) is 0. The van der Waals surface area contributed by atoms with Gasteiger partial charge in [0.2, 0.25) is 0 Å². The molecule has 1 fully saturated rings. The summed E-state index contributed by atoms with van der Waals surface area (Å²) in [6.07, 6.45) is 3.47. The van der Waals surface area contributed by atoms with Crippen LogP contribution in [-0.2, 0) is 0 Å². The Morgan fingerprint density at radius 2 is 2.22 bits per heavy atom. The molecule has 0 aliphatic carbocycles. The highest BCUT2D eigenvalue weighted by Crippen LogP contribution is 2.46. The molecule has 1 nitrogen and oxygen atoms in total. The number of hydrogen-bond donors (Lipinski definition) is 1. The lowest BCUT2D eigenvalue weighted by molar-refractivity contribution is 0.399. The monoisotopic (exact) mass is 267 g/mol. The molecule has 3 heteroatoms. The first-order valence-electron chi connectivity index (χ1n) is 6.79. The van der Waals surface area contributed by atoms with Gasteiger partial charge in [-0.05, 0) is 44.6 Å². The van der Waals surface area contributed by atoms with Gasteiger partial charge in [0.15, 0.2) is 0 Å². The molecule has 1 aliphatic heterocycles. The zero-order valence-electron chi connectivity index (χ0n) is 11.2. The summed E-state index contributed by atoms with van der Waals surface area (Å²) in [7, 11) is 0. The number of thioether (sulfide) groups is 1. The first-order chi connectivity index (χ1) is 8.67. The average molecular weight is 267 g/mol. The van der Waals surface area contributed by atoms with Crippen molar-refractivity contribution in [3.05, 3.63) is 35.6 Å². The van der Waals surface area contributed by atoms with Crippen molar-refractivity contribution in [2.24, 2.45) is 0 Å². The van der Waals surface area contributed by atoms with Crippen LogP contribution in [0.2, 0.25) is 0 Å². The Hall–Kier alpha value is -0.540. The molecule has 2 atom stereocenters.